The molecule has 0 aromatic carbocycles. The third-order valence-electron chi connectivity index (χ3n) is 1.80. The quantitative estimate of drug-likeness (QED) is 0.786. The molecule has 1 amide bonds. The summed E-state index contributed by atoms with van der Waals surface area (Å²) in [6.07, 6.45) is 1.54. The highest BCUT2D eigenvalue weighted by Gasteiger charge is 2.05. The molecule has 0 fully saturated rings. The summed E-state index contributed by atoms with van der Waals surface area (Å²) in [5, 5.41) is 14.4. The number of amides is 1. The lowest BCUT2D eigenvalue weighted by Crippen LogP contribution is -2.34. The molecular weight excluding hydrogens is 204 g/mol. The second-order valence-electron chi connectivity index (χ2n) is 3.59. The van der Waals surface area contributed by atoms with Crippen LogP contribution in [0.4, 0.5) is 5.69 Å². The predicted octanol–water partition coefficient (Wildman–Crippen LogP) is 0.890. The van der Waals surface area contributed by atoms with Crippen molar-refractivity contribution in [2.75, 3.05) is 11.9 Å². The van der Waals surface area contributed by atoms with Gasteiger partial charge in [0.05, 0.1) is 12.2 Å². The topological polar surface area (TPSA) is 77.8 Å². The van der Waals surface area contributed by atoms with Gasteiger partial charge in [0.25, 0.3) is 0 Å². The lowest BCUT2D eigenvalue weighted by atomic mass is 10.3. The van der Waals surface area contributed by atoms with Gasteiger partial charge in [0.1, 0.15) is 6.07 Å². The number of aromatic nitrogens is 1. The number of rotatable bonds is 4. The number of carbonyl (C=O) groups is 1. The first-order chi connectivity index (χ1) is 7.63. The minimum absolute atomic E-state index is 0.109. The van der Waals surface area contributed by atoms with Gasteiger partial charge in [-0.3, -0.25) is 4.79 Å². The van der Waals surface area contributed by atoms with E-state index >= 15 is 0 Å². The van der Waals surface area contributed by atoms with Crippen LogP contribution in [0.2, 0.25) is 0 Å². The van der Waals surface area contributed by atoms with Crippen LogP contribution in [-0.4, -0.2) is 23.5 Å². The van der Waals surface area contributed by atoms with E-state index in [9.17, 15) is 4.79 Å². The summed E-state index contributed by atoms with van der Waals surface area (Å²) < 4.78 is 0. The van der Waals surface area contributed by atoms with E-state index in [1.54, 1.807) is 12.1 Å². The standard InChI is InChI=1S/C11H14N4O/c1-8(2)15-11(16)7-14-9-4-3-5-13-10(9)6-12/h3-5,8,14H,7H2,1-2H3,(H,15,16). The van der Waals surface area contributed by atoms with E-state index in [0.29, 0.717) is 11.4 Å². The van der Waals surface area contributed by atoms with Crippen molar-refractivity contribution >= 4 is 11.6 Å². The maximum absolute atomic E-state index is 11.3. The summed E-state index contributed by atoms with van der Waals surface area (Å²) in [7, 11) is 0. The highest BCUT2D eigenvalue weighted by Crippen LogP contribution is 2.09. The van der Waals surface area contributed by atoms with Crippen molar-refractivity contribution in [3.8, 4) is 6.07 Å². The summed E-state index contributed by atoms with van der Waals surface area (Å²) in [6.45, 7) is 3.92. The molecule has 0 saturated heterocycles. The molecule has 1 heterocycles. The number of nitriles is 1. The summed E-state index contributed by atoms with van der Waals surface area (Å²) in [6, 6.07) is 5.49. The van der Waals surface area contributed by atoms with Gasteiger partial charge in [-0.15, -0.1) is 0 Å². The van der Waals surface area contributed by atoms with Crippen LogP contribution in [0, 0.1) is 11.3 Å². The van der Waals surface area contributed by atoms with E-state index in [4.69, 9.17) is 5.26 Å². The van der Waals surface area contributed by atoms with E-state index in [0.717, 1.165) is 0 Å². The molecule has 2 N–H and O–H groups in total. The number of nitrogens with zero attached hydrogens (tertiary/aromatic N) is 2. The number of pyridine rings is 1. The molecule has 0 bridgehead atoms. The fourth-order valence-corrected chi connectivity index (χ4v) is 1.19. The zero-order valence-corrected chi connectivity index (χ0v) is 9.32. The van der Waals surface area contributed by atoms with Gasteiger partial charge in [0.15, 0.2) is 5.69 Å². The number of hydrogen-bond acceptors (Lipinski definition) is 4. The minimum Gasteiger partial charge on any atom is -0.374 e. The summed E-state index contributed by atoms with van der Waals surface area (Å²) in [4.78, 5) is 15.2. The van der Waals surface area contributed by atoms with Crippen LogP contribution in [0.5, 0.6) is 0 Å². The molecule has 1 rings (SSSR count). The Balaban J connectivity index is 2.55. The van der Waals surface area contributed by atoms with Crippen LogP contribution in [0.1, 0.15) is 19.5 Å². The zero-order valence-electron chi connectivity index (χ0n) is 9.32. The van der Waals surface area contributed by atoms with Crippen molar-refractivity contribution in [1.29, 1.82) is 5.26 Å². The average molecular weight is 218 g/mol. The first-order valence-electron chi connectivity index (χ1n) is 5.02. The number of nitrogens with one attached hydrogen (secondary N) is 2. The van der Waals surface area contributed by atoms with E-state index < -0.39 is 0 Å². The van der Waals surface area contributed by atoms with Gasteiger partial charge in [0, 0.05) is 12.2 Å². The molecule has 0 radical (unpaired) electrons. The Labute approximate surface area is 94.5 Å². The number of carbonyl (C=O) groups excluding carboxylic acids is 1. The highest BCUT2D eigenvalue weighted by atomic mass is 16.1. The average Bonchev–Trinajstić information content (AvgIpc) is 2.26. The third kappa shape index (κ3) is 3.58. The summed E-state index contributed by atoms with van der Waals surface area (Å²) in [5.74, 6) is -0.109. The van der Waals surface area contributed by atoms with Gasteiger partial charge < -0.3 is 10.6 Å². The van der Waals surface area contributed by atoms with Crippen LogP contribution in [0.3, 0.4) is 0 Å². The van der Waals surface area contributed by atoms with Crippen molar-refractivity contribution < 1.29 is 4.79 Å². The monoisotopic (exact) mass is 218 g/mol. The van der Waals surface area contributed by atoms with Crippen LogP contribution in [0.15, 0.2) is 18.3 Å². The predicted molar refractivity (Wildman–Crippen MR) is 60.7 cm³/mol. The van der Waals surface area contributed by atoms with Crippen LogP contribution < -0.4 is 10.6 Å². The van der Waals surface area contributed by atoms with Gasteiger partial charge in [-0.1, -0.05) is 0 Å². The smallest absolute Gasteiger partial charge is 0.239 e. The Morgan fingerprint density at radius 3 is 3.00 bits per heavy atom. The molecule has 16 heavy (non-hydrogen) atoms. The van der Waals surface area contributed by atoms with Crippen LogP contribution in [-0.2, 0) is 4.79 Å². The molecule has 84 valence electrons. The zero-order chi connectivity index (χ0) is 12.0. The molecule has 0 aliphatic carbocycles. The normalized spacial score (nSPS) is 9.62. The van der Waals surface area contributed by atoms with Crippen LogP contribution >= 0.6 is 0 Å². The van der Waals surface area contributed by atoms with E-state index in [-0.39, 0.29) is 18.5 Å². The third-order valence-corrected chi connectivity index (χ3v) is 1.80. The fraction of sp³-hybridized carbons (Fsp3) is 0.364. The molecule has 1 aromatic rings. The Kier molecular flexibility index (Phi) is 4.28. The molecule has 0 atom stereocenters. The Morgan fingerprint density at radius 2 is 2.38 bits per heavy atom. The second kappa shape index (κ2) is 5.71. The first-order valence-corrected chi connectivity index (χ1v) is 5.02. The molecule has 0 aliphatic rings. The molecule has 0 spiro atoms. The molecule has 5 nitrogen and oxygen atoms in total. The summed E-state index contributed by atoms with van der Waals surface area (Å²) >= 11 is 0. The van der Waals surface area contributed by atoms with Gasteiger partial charge in [-0.2, -0.15) is 5.26 Å². The van der Waals surface area contributed by atoms with Crippen LogP contribution in [0.25, 0.3) is 0 Å². The Morgan fingerprint density at radius 1 is 1.62 bits per heavy atom. The maximum Gasteiger partial charge on any atom is 0.239 e. The number of anilines is 1. The lowest BCUT2D eigenvalue weighted by molar-refractivity contribution is -0.119. The largest absolute Gasteiger partial charge is 0.374 e. The maximum atomic E-state index is 11.3. The van der Waals surface area contributed by atoms with Gasteiger partial charge in [0.2, 0.25) is 5.91 Å². The van der Waals surface area contributed by atoms with Crippen molar-refractivity contribution in [3.63, 3.8) is 0 Å². The van der Waals surface area contributed by atoms with Gasteiger partial charge in [-0.25, -0.2) is 4.98 Å². The summed E-state index contributed by atoms with van der Waals surface area (Å²) in [5.41, 5.74) is 0.865. The fourth-order valence-electron chi connectivity index (χ4n) is 1.19. The molecular formula is C11H14N4O. The van der Waals surface area contributed by atoms with Gasteiger partial charge >= 0.3 is 0 Å². The Hall–Kier alpha value is -2.09. The molecule has 5 heteroatoms. The van der Waals surface area contributed by atoms with Crippen molar-refractivity contribution in [2.45, 2.75) is 19.9 Å². The molecule has 0 aliphatic heterocycles. The van der Waals surface area contributed by atoms with Crippen molar-refractivity contribution in [1.82, 2.24) is 10.3 Å². The van der Waals surface area contributed by atoms with E-state index in [1.165, 1.54) is 6.20 Å². The van der Waals surface area contributed by atoms with Gasteiger partial charge in [-0.05, 0) is 26.0 Å². The molecule has 0 unspecified atom stereocenters. The molecule has 1 aromatic heterocycles. The number of hydrogen-bond donors (Lipinski definition) is 2. The first kappa shape index (κ1) is 12.0. The minimum atomic E-state index is -0.109. The lowest BCUT2D eigenvalue weighted by Gasteiger charge is -2.10. The van der Waals surface area contributed by atoms with Crippen molar-refractivity contribution in [3.05, 3.63) is 24.0 Å². The molecule has 0 saturated carbocycles. The Bertz CT molecular complexity index is 409. The SMILES string of the molecule is CC(C)NC(=O)CNc1cccnc1C#N. The van der Waals surface area contributed by atoms with E-state index in [2.05, 4.69) is 15.6 Å². The van der Waals surface area contributed by atoms with Crippen molar-refractivity contribution in [2.24, 2.45) is 0 Å². The van der Waals surface area contributed by atoms with E-state index in [1.807, 2.05) is 19.9 Å². The highest BCUT2D eigenvalue weighted by molar-refractivity contribution is 5.81. The second-order valence-corrected chi connectivity index (χ2v) is 3.59.